The molecule has 0 saturated heterocycles. The lowest BCUT2D eigenvalue weighted by molar-refractivity contribution is 0.0515. The highest BCUT2D eigenvalue weighted by Gasteiger charge is 2.42. The Morgan fingerprint density at radius 2 is 1.62 bits per heavy atom. The van der Waals surface area contributed by atoms with Crippen molar-refractivity contribution in [1.82, 2.24) is 10.4 Å². The summed E-state index contributed by atoms with van der Waals surface area (Å²) >= 11 is 0. The van der Waals surface area contributed by atoms with Crippen molar-refractivity contribution in [2.45, 2.75) is 6.92 Å². The number of aryl methyl sites for hydroxylation is 1. The lowest BCUT2D eigenvalue weighted by Gasteiger charge is -2.15. The van der Waals surface area contributed by atoms with E-state index < -0.39 is 29.2 Å². The molecule has 2 aromatic rings. The second-order valence-electron chi connectivity index (χ2n) is 5.21. The number of carbonyl (C=O) groups is 3. The third-order valence-corrected chi connectivity index (χ3v) is 3.67. The molecule has 0 bridgehead atoms. The quantitative estimate of drug-likeness (QED) is 0.482. The average molecular weight is 328 g/mol. The summed E-state index contributed by atoms with van der Waals surface area (Å²) < 4.78 is 0. The molecule has 0 aliphatic carbocycles. The van der Waals surface area contributed by atoms with Crippen LogP contribution in [0.4, 0.5) is 0 Å². The van der Waals surface area contributed by atoms with Crippen molar-refractivity contribution in [3.05, 3.63) is 52.6 Å². The topological polar surface area (TPSA) is 127 Å². The number of hydrogen-bond acceptors (Lipinski definition) is 6. The van der Waals surface area contributed by atoms with Gasteiger partial charge in [0.1, 0.15) is 28.4 Å². The van der Waals surface area contributed by atoms with Crippen molar-refractivity contribution in [2.24, 2.45) is 0 Å². The monoisotopic (exact) mass is 328 g/mol. The molecule has 0 atom stereocenters. The summed E-state index contributed by atoms with van der Waals surface area (Å²) in [6, 6.07) is 6.74. The average Bonchev–Trinajstić information content (AvgIpc) is 2.78. The second-order valence-corrected chi connectivity index (χ2v) is 5.21. The van der Waals surface area contributed by atoms with E-state index in [0.717, 1.165) is 6.07 Å². The number of nitrogens with one attached hydrogen (secondary N) is 1. The predicted octanol–water partition coefficient (Wildman–Crippen LogP) is 1.05. The zero-order valence-electron chi connectivity index (χ0n) is 12.4. The lowest BCUT2D eigenvalue weighted by atomic mass is 10.0. The highest BCUT2D eigenvalue weighted by atomic mass is 16.3. The van der Waals surface area contributed by atoms with E-state index in [-0.39, 0.29) is 28.0 Å². The van der Waals surface area contributed by atoms with Crippen molar-refractivity contribution in [1.29, 1.82) is 0 Å². The van der Waals surface area contributed by atoms with E-state index in [1.165, 1.54) is 31.2 Å². The minimum Gasteiger partial charge on any atom is -0.507 e. The minimum absolute atomic E-state index is 0.140. The first-order valence-corrected chi connectivity index (χ1v) is 6.86. The Balaban J connectivity index is 1.98. The van der Waals surface area contributed by atoms with Gasteiger partial charge in [0.15, 0.2) is 0 Å². The molecule has 0 unspecified atom stereocenters. The molecule has 0 saturated carbocycles. The van der Waals surface area contributed by atoms with E-state index in [9.17, 15) is 29.7 Å². The molecule has 24 heavy (non-hydrogen) atoms. The largest absolute Gasteiger partial charge is 0.507 e. The van der Waals surface area contributed by atoms with Crippen LogP contribution in [-0.2, 0) is 0 Å². The van der Waals surface area contributed by atoms with Gasteiger partial charge in [-0.25, -0.2) is 0 Å². The predicted molar refractivity (Wildman–Crippen MR) is 80.6 cm³/mol. The normalized spacial score (nSPS) is 13.1. The fraction of sp³-hybridized carbons (Fsp3) is 0.0625. The van der Waals surface area contributed by atoms with Gasteiger partial charge in [0, 0.05) is 0 Å². The molecule has 8 heteroatoms. The van der Waals surface area contributed by atoms with Gasteiger partial charge in [-0.1, -0.05) is 12.1 Å². The SMILES string of the molecule is Cc1cc(O)c2c(c1O)C(=O)N(NC(=O)c1ccccc1O)C2=O. The summed E-state index contributed by atoms with van der Waals surface area (Å²) in [6.07, 6.45) is 0. The van der Waals surface area contributed by atoms with E-state index in [0.29, 0.717) is 5.01 Å². The van der Waals surface area contributed by atoms with E-state index in [2.05, 4.69) is 5.43 Å². The van der Waals surface area contributed by atoms with Crippen LogP contribution in [-0.4, -0.2) is 38.1 Å². The summed E-state index contributed by atoms with van der Waals surface area (Å²) in [5.74, 6) is -4.09. The third kappa shape index (κ3) is 2.12. The molecule has 1 heterocycles. The van der Waals surface area contributed by atoms with Crippen molar-refractivity contribution in [3.8, 4) is 17.2 Å². The summed E-state index contributed by atoms with van der Waals surface area (Å²) in [4.78, 5) is 36.8. The number of fused-ring (bicyclic) bond motifs is 1. The van der Waals surface area contributed by atoms with Crippen LogP contribution in [0.3, 0.4) is 0 Å². The van der Waals surface area contributed by atoms with Crippen molar-refractivity contribution >= 4 is 17.7 Å². The number of carbonyl (C=O) groups excluding carboxylic acids is 3. The van der Waals surface area contributed by atoms with Gasteiger partial charge < -0.3 is 15.3 Å². The van der Waals surface area contributed by atoms with Crippen molar-refractivity contribution in [2.75, 3.05) is 0 Å². The minimum atomic E-state index is -0.980. The molecule has 1 aliphatic heterocycles. The summed E-state index contributed by atoms with van der Waals surface area (Å²) in [7, 11) is 0. The van der Waals surface area contributed by atoms with Crippen LogP contribution in [0.25, 0.3) is 0 Å². The highest BCUT2D eigenvalue weighted by Crippen LogP contribution is 2.38. The summed E-state index contributed by atoms with van der Waals surface area (Å²) in [6.45, 7) is 1.45. The number of phenols is 3. The highest BCUT2D eigenvalue weighted by molar-refractivity contribution is 6.24. The number of hydrazine groups is 1. The molecule has 4 N–H and O–H groups in total. The van der Waals surface area contributed by atoms with Gasteiger partial charge in [0.25, 0.3) is 17.7 Å². The fourth-order valence-corrected chi connectivity index (χ4v) is 2.46. The Hall–Kier alpha value is -3.55. The van der Waals surface area contributed by atoms with Gasteiger partial charge in [-0.15, -0.1) is 0 Å². The molecule has 122 valence electrons. The smallest absolute Gasteiger partial charge is 0.284 e. The van der Waals surface area contributed by atoms with Gasteiger partial charge in [0.05, 0.1) is 5.56 Å². The summed E-state index contributed by atoms with van der Waals surface area (Å²) in [5.41, 5.74) is 1.37. The van der Waals surface area contributed by atoms with Crippen LogP contribution < -0.4 is 5.43 Å². The number of aromatic hydroxyl groups is 3. The first-order valence-electron chi connectivity index (χ1n) is 6.86. The van der Waals surface area contributed by atoms with Gasteiger partial charge in [-0.2, -0.15) is 5.01 Å². The Bertz CT molecular complexity index is 906. The molecule has 0 radical (unpaired) electrons. The zero-order chi connectivity index (χ0) is 17.6. The fourth-order valence-electron chi connectivity index (χ4n) is 2.46. The second kappa shape index (κ2) is 5.27. The van der Waals surface area contributed by atoms with Crippen LogP contribution >= 0.6 is 0 Å². The maximum absolute atomic E-state index is 12.3. The maximum Gasteiger partial charge on any atom is 0.284 e. The van der Waals surface area contributed by atoms with E-state index >= 15 is 0 Å². The van der Waals surface area contributed by atoms with Crippen LogP contribution in [0.5, 0.6) is 17.2 Å². The number of benzene rings is 2. The zero-order valence-corrected chi connectivity index (χ0v) is 12.4. The molecule has 3 amide bonds. The Morgan fingerprint density at radius 3 is 2.29 bits per heavy atom. The molecule has 1 aliphatic rings. The third-order valence-electron chi connectivity index (χ3n) is 3.67. The molecule has 8 nitrogen and oxygen atoms in total. The van der Waals surface area contributed by atoms with Crippen LogP contribution in [0.15, 0.2) is 30.3 Å². The van der Waals surface area contributed by atoms with Gasteiger partial charge in [-0.05, 0) is 30.7 Å². The van der Waals surface area contributed by atoms with E-state index in [4.69, 9.17) is 0 Å². The van der Waals surface area contributed by atoms with Gasteiger partial charge in [0.2, 0.25) is 0 Å². The van der Waals surface area contributed by atoms with Gasteiger partial charge in [-0.3, -0.25) is 19.8 Å². The lowest BCUT2D eigenvalue weighted by Crippen LogP contribution is -2.45. The number of hydrogen-bond donors (Lipinski definition) is 4. The molecule has 2 aromatic carbocycles. The number of imide groups is 1. The Morgan fingerprint density at radius 1 is 1.00 bits per heavy atom. The first-order chi connectivity index (χ1) is 11.3. The number of nitrogens with zero attached hydrogens (tertiary/aromatic N) is 1. The number of phenolic OH excluding ortho intramolecular Hbond substituents is 3. The molecular weight excluding hydrogens is 316 g/mol. The maximum atomic E-state index is 12.3. The molecule has 0 aromatic heterocycles. The number of para-hydroxylation sites is 1. The number of amides is 3. The van der Waals surface area contributed by atoms with Crippen LogP contribution in [0.1, 0.15) is 36.6 Å². The Kier molecular flexibility index (Phi) is 3.37. The van der Waals surface area contributed by atoms with Crippen molar-refractivity contribution in [3.63, 3.8) is 0 Å². The van der Waals surface area contributed by atoms with Crippen molar-refractivity contribution < 1.29 is 29.7 Å². The standard InChI is InChI=1S/C16H12N2O6/c1-7-6-10(20)11-12(13(7)21)16(24)18(15(11)23)17-14(22)8-4-2-3-5-9(8)19/h2-6,19-21H,1H3,(H,17,22). The van der Waals surface area contributed by atoms with Crippen LogP contribution in [0, 0.1) is 6.92 Å². The first kappa shape index (κ1) is 15.3. The van der Waals surface area contributed by atoms with E-state index in [1.807, 2.05) is 0 Å². The molecular formula is C16H12N2O6. The van der Waals surface area contributed by atoms with E-state index in [1.54, 1.807) is 0 Å². The molecule has 0 fully saturated rings. The number of rotatable bonds is 2. The van der Waals surface area contributed by atoms with Gasteiger partial charge >= 0.3 is 0 Å². The summed E-state index contributed by atoms with van der Waals surface area (Å²) in [5, 5.41) is 29.9. The van der Waals surface area contributed by atoms with Crippen LogP contribution in [0.2, 0.25) is 0 Å². The Labute approximate surface area is 135 Å². The molecule has 3 rings (SSSR count). The molecule has 0 spiro atoms.